The summed E-state index contributed by atoms with van der Waals surface area (Å²) in [4.78, 5) is 25.9. The van der Waals surface area contributed by atoms with Gasteiger partial charge in [0.05, 0.1) is 5.52 Å². The number of oxazole rings is 1. The number of aromatic nitrogens is 1. The summed E-state index contributed by atoms with van der Waals surface area (Å²) in [6.07, 6.45) is 0.490. The van der Waals surface area contributed by atoms with Gasteiger partial charge in [-0.15, -0.1) is 0 Å². The lowest BCUT2D eigenvalue weighted by atomic mass is 9.78. The van der Waals surface area contributed by atoms with Gasteiger partial charge in [-0.3, -0.25) is 9.78 Å². The highest BCUT2D eigenvalue weighted by molar-refractivity contribution is 5.98. The summed E-state index contributed by atoms with van der Waals surface area (Å²) in [5.74, 6) is -0.134. The summed E-state index contributed by atoms with van der Waals surface area (Å²) in [5, 5.41) is 0. The van der Waals surface area contributed by atoms with E-state index in [2.05, 4.69) is 32.7 Å². The molecule has 0 saturated heterocycles. The monoisotopic (exact) mass is 261 g/mol. The highest BCUT2D eigenvalue weighted by atomic mass is 16.4. The molecule has 0 bridgehead atoms. The fraction of sp³-hybridized carbons (Fsp3) is 0.467. The second-order valence-corrected chi connectivity index (χ2v) is 6.12. The third kappa shape index (κ3) is 2.95. The zero-order chi connectivity index (χ0) is 14.2. The van der Waals surface area contributed by atoms with Crippen LogP contribution < -0.4 is 5.76 Å². The van der Waals surface area contributed by atoms with E-state index in [1.54, 1.807) is 18.2 Å². The lowest BCUT2D eigenvalue weighted by molar-refractivity contribution is 0.0927. The number of aromatic amines is 1. The Morgan fingerprint density at radius 1 is 1.37 bits per heavy atom. The number of H-pyrrole nitrogens is 1. The van der Waals surface area contributed by atoms with Crippen molar-refractivity contribution in [3.8, 4) is 0 Å². The minimum Gasteiger partial charge on any atom is -0.408 e. The first kappa shape index (κ1) is 13.6. The average molecular weight is 261 g/mol. The normalized spacial score (nSPS) is 13.7. The van der Waals surface area contributed by atoms with Crippen LogP contribution in [0.1, 0.15) is 44.5 Å². The van der Waals surface area contributed by atoms with E-state index in [0.717, 1.165) is 0 Å². The van der Waals surface area contributed by atoms with Gasteiger partial charge in [-0.2, -0.15) is 0 Å². The van der Waals surface area contributed by atoms with Crippen molar-refractivity contribution in [2.45, 2.75) is 34.1 Å². The molecule has 4 heteroatoms. The molecule has 1 aromatic heterocycles. The second-order valence-electron chi connectivity index (χ2n) is 6.12. The van der Waals surface area contributed by atoms with E-state index in [4.69, 9.17) is 4.42 Å². The maximum absolute atomic E-state index is 12.2. The Balaban J connectivity index is 2.24. The second kappa shape index (κ2) is 4.68. The maximum atomic E-state index is 12.2. The van der Waals surface area contributed by atoms with Gasteiger partial charge in [0.1, 0.15) is 0 Å². The van der Waals surface area contributed by atoms with Crippen molar-refractivity contribution in [2.24, 2.45) is 11.3 Å². The van der Waals surface area contributed by atoms with Crippen LogP contribution in [0.25, 0.3) is 11.1 Å². The quantitative estimate of drug-likeness (QED) is 0.861. The van der Waals surface area contributed by atoms with Gasteiger partial charge in [-0.05, 0) is 29.5 Å². The summed E-state index contributed by atoms with van der Waals surface area (Å²) in [7, 11) is 0. The molecule has 1 N–H and O–H groups in total. The van der Waals surface area contributed by atoms with Crippen molar-refractivity contribution in [1.82, 2.24) is 4.98 Å². The molecule has 1 heterocycles. The molecule has 1 atom stereocenters. The van der Waals surface area contributed by atoms with Crippen molar-refractivity contribution in [2.75, 3.05) is 0 Å². The molecule has 0 spiro atoms. The van der Waals surface area contributed by atoms with Gasteiger partial charge in [-0.25, -0.2) is 4.79 Å². The molecule has 0 aliphatic rings. The van der Waals surface area contributed by atoms with Crippen molar-refractivity contribution < 1.29 is 9.21 Å². The number of fused-ring (bicyclic) bond motifs is 1. The van der Waals surface area contributed by atoms with Crippen LogP contribution in [-0.2, 0) is 0 Å². The maximum Gasteiger partial charge on any atom is 0.417 e. The Hall–Kier alpha value is -1.84. The van der Waals surface area contributed by atoms with E-state index >= 15 is 0 Å². The number of hydrogen-bond donors (Lipinski definition) is 1. The third-order valence-corrected chi connectivity index (χ3v) is 3.71. The molecular weight excluding hydrogens is 242 g/mol. The van der Waals surface area contributed by atoms with Gasteiger partial charge in [-0.1, -0.05) is 27.7 Å². The Labute approximate surface area is 111 Å². The Bertz CT molecular complexity index is 658. The van der Waals surface area contributed by atoms with Gasteiger partial charge >= 0.3 is 5.76 Å². The van der Waals surface area contributed by atoms with Gasteiger partial charge in [0.2, 0.25) is 0 Å². The fourth-order valence-electron chi connectivity index (χ4n) is 1.82. The zero-order valence-corrected chi connectivity index (χ0v) is 11.7. The largest absolute Gasteiger partial charge is 0.417 e. The number of benzene rings is 1. The Morgan fingerprint density at radius 2 is 2.05 bits per heavy atom. The highest BCUT2D eigenvalue weighted by Crippen LogP contribution is 2.29. The minimum atomic E-state index is -0.498. The topological polar surface area (TPSA) is 63.1 Å². The minimum absolute atomic E-state index is 0.0770. The molecule has 0 fully saturated rings. The lowest BCUT2D eigenvalue weighted by Gasteiger charge is -2.26. The van der Waals surface area contributed by atoms with Gasteiger partial charge < -0.3 is 4.42 Å². The van der Waals surface area contributed by atoms with Crippen LogP contribution in [0.3, 0.4) is 0 Å². The first-order chi connectivity index (χ1) is 8.77. The third-order valence-electron chi connectivity index (χ3n) is 3.71. The molecule has 1 unspecified atom stereocenters. The molecule has 2 rings (SSSR count). The first-order valence-corrected chi connectivity index (χ1v) is 6.43. The number of rotatable bonds is 3. The van der Waals surface area contributed by atoms with Crippen LogP contribution in [0.5, 0.6) is 0 Å². The molecule has 0 amide bonds. The van der Waals surface area contributed by atoms with E-state index < -0.39 is 5.76 Å². The Morgan fingerprint density at radius 3 is 2.68 bits per heavy atom. The van der Waals surface area contributed by atoms with Crippen molar-refractivity contribution in [3.05, 3.63) is 34.3 Å². The van der Waals surface area contributed by atoms with Crippen LogP contribution in [0, 0.1) is 11.3 Å². The zero-order valence-electron chi connectivity index (χ0n) is 11.7. The molecule has 1 aromatic carbocycles. The van der Waals surface area contributed by atoms with Crippen LogP contribution in [0.4, 0.5) is 0 Å². The number of nitrogens with one attached hydrogen (secondary N) is 1. The van der Waals surface area contributed by atoms with E-state index in [9.17, 15) is 9.59 Å². The first-order valence-electron chi connectivity index (χ1n) is 6.43. The molecule has 102 valence electrons. The predicted octanol–water partition coefficient (Wildman–Crippen LogP) is 3.38. The molecular formula is C15H19NO3. The van der Waals surface area contributed by atoms with Gasteiger partial charge in [0, 0.05) is 12.0 Å². The molecule has 0 saturated carbocycles. The smallest absolute Gasteiger partial charge is 0.408 e. The summed E-state index contributed by atoms with van der Waals surface area (Å²) >= 11 is 0. The lowest BCUT2D eigenvalue weighted by Crippen LogP contribution is -2.20. The van der Waals surface area contributed by atoms with E-state index in [-0.39, 0.29) is 17.1 Å². The molecule has 0 aliphatic heterocycles. The van der Waals surface area contributed by atoms with Gasteiger partial charge in [0.15, 0.2) is 11.4 Å². The van der Waals surface area contributed by atoms with Crippen LogP contribution in [0.2, 0.25) is 0 Å². The van der Waals surface area contributed by atoms with E-state index in [0.29, 0.717) is 23.1 Å². The molecule has 0 radical (unpaired) electrons. The van der Waals surface area contributed by atoms with Crippen LogP contribution in [-0.4, -0.2) is 10.8 Å². The molecule has 0 aliphatic carbocycles. The number of carbonyl (C=O) groups is 1. The number of ketones is 1. The molecule has 4 nitrogen and oxygen atoms in total. The Kier molecular flexibility index (Phi) is 3.35. The summed E-state index contributed by atoms with van der Waals surface area (Å²) in [6, 6.07) is 5.06. The van der Waals surface area contributed by atoms with E-state index in [1.165, 1.54) is 0 Å². The summed E-state index contributed by atoms with van der Waals surface area (Å²) < 4.78 is 4.97. The summed E-state index contributed by atoms with van der Waals surface area (Å²) in [6.45, 7) is 8.45. The average Bonchev–Trinajstić information content (AvgIpc) is 2.66. The SMILES string of the molecule is CC(CC(=O)c1ccc2[nH]c(=O)oc2c1)C(C)(C)C. The summed E-state index contributed by atoms with van der Waals surface area (Å²) in [5.41, 5.74) is 1.73. The van der Waals surface area contributed by atoms with Crippen molar-refractivity contribution in [3.63, 3.8) is 0 Å². The van der Waals surface area contributed by atoms with Crippen LogP contribution in [0.15, 0.2) is 27.4 Å². The number of Topliss-reactive ketones (excluding diaryl/α,β-unsaturated/α-hetero) is 1. The van der Waals surface area contributed by atoms with E-state index in [1.807, 2.05) is 0 Å². The van der Waals surface area contributed by atoms with Crippen LogP contribution >= 0.6 is 0 Å². The number of carbonyl (C=O) groups excluding carboxylic acids is 1. The van der Waals surface area contributed by atoms with Crippen molar-refractivity contribution >= 4 is 16.9 Å². The number of hydrogen-bond acceptors (Lipinski definition) is 3. The highest BCUT2D eigenvalue weighted by Gasteiger charge is 2.23. The standard InChI is InChI=1S/C15H19NO3/c1-9(15(2,3)4)7-12(17)10-5-6-11-13(8-10)19-14(18)16-11/h5-6,8-9H,7H2,1-4H3,(H,16,18). The molecule has 19 heavy (non-hydrogen) atoms. The molecule has 2 aromatic rings. The van der Waals surface area contributed by atoms with Crippen molar-refractivity contribution in [1.29, 1.82) is 0 Å². The fourth-order valence-corrected chi connectivity index (χ4v) is 1.82. The van der Waals surface area contributed by atoms with Gasteiger partial charge in [0.25, 0.3) is 0 Å². The predicted molar refractivity (Wildman–Crippen MR) is 74.4 cm³/mol.